The molecule has 0 aliphatic rings. The molecule has 2 N–H and O–H groups in total. The molecule has 1 heterocycles. The van der Waals surface area contributed by atoms with Crippen LogP contribution in [0.15, 0.2) is 60.8 Å². The SMILES string of the molecule is COc1ccc(Nc2nccc(C(=O)Nc3ccc(N(C)C)cc3)n2)cc1. The number of nitrogens with zero attached hydrogens (tertiary/aromatic N) is 3. The van der Waals surface area contributed by atoms with E-state index in [0.29, 0.717) is 11.6 Å². The highest BCUT2D eigenvalue weighted by Crippen LogP contribution is 2.19. The average Bonchev–Trinajstić information content (AvgIpc) is 2.69. The van der Waals surface area contributed by atoms with Crippen LogP contribution in [0.4, 0.5) is 23.0 Å². The molecule has 27 heavy (non-hydrogen) atoms. The number of amides is 1. The highest BCUT2D eigenvalue weighted by molar-refractivity contribution is 6.03. The molecule has 138 valence electrons. The second kappa shape index (κ2) is 8.18. The number of nitrogens with one attached hydrogen (secondary N) is 2. The lowest BCUT2D eigenvalue weighted by Crippen LogP contribution is -2.15. The standard InChI is InChI=1S/C20H21N5O2/c1-25(2)16-8-4-14(5-9-16)22-19(26)18-12-13-21-20(24-18)23-15-6-10-17(27-3)11-7-15/h4-13H,1-3H3,(H,22,26)(H,21,23,24). The van der Waals surface area contributed by atoms with Gasteiger partial charge in [0, 0.05) is 37.4 Å². The monoisotopic (exact) mass is 363 g/mol. The van der Waals surface area contributed by atoms with Crippen molar-refractivity contribution in [2.45, 2.75) is 0 Å². The van der Waals surface area contributed by atoms with Crippen LogP contribution in [0.2, 0.25) is 0 Å². The molecule has 2 aromatic carbocycles. The minimum Gasteiger partial charge on any atom is -0.497 e. The van der Waals surface area contributed by atoms with E-state index in [1.165, 1.54) is 0 Å². The van der Waals surface area contributed by atoms with Crippen LogP contribution in [-0.2, 0) is 0 Å². The molecule has 0 saturated carbocycles. The van der Waals surface area contributed by atoms with Gasteiger partial charge in [0.25, 0.3) is 5.91 Å². The van der Waals surface area contributed by atoms with Crippen molar-refractivity contribution in [3.05, 3.63) is 66.5 Å². The van der Waals surface area contributed by atoms with Gasteiger partial charge < -0.3 is 20.3 Å². The van der Waals surface area contributed by atoms with E-state index in [4.69, 9.17) is 4.74 Å². The van der Waals surface area contributed by atoms with E-state index in [1.807, 2.05) is 67.5 Å². The molecule has 0 fully saturated rings. The number of carbonyl (C=O) groups is 1. The van der Waals surface area contributed by atoms with Crippen LogP contribution in [0, 0.1) is 0 Å². The number of aromatic nitrogens is 2. The van der Waals surface area contributed by atoms with Crippen LogP contribution in [0.3, 0.4) is 0 Å². The van der Waals surface area contributed by atoms with Crippen molar-refractivity contribution in [2.75, 3.05) is 36.7 Å². The predicted molar refractivity (Wildman–Crippen MR) is 107 cm³/mol. The number of methoxy groups -OCH3 is 1. The van der Waals surface area contributed by atoms with E-state index < -0.39 is 0 Å². The zero-order chi connectivity index (χ0) is 19.2. The molecule has 0 unspecified atom stereocenters. The third kappa shape index (κ3) is 4.72. The molecule has 0 spiro atoms. The average molecular weight is 363 g/mol. The lowest BCUT2D eigenvalue weighted by atomic mass is 10.2. The van der Waals surface area contributed by atoms with Gasteiger partial charge in [0.05, 0.1) is 7.11 Å². The highest BCUT2D eigenvalue weighted by atomic mass is 16.5. The fraction of sp³-hybridized carbons (Fsp3) is 0.150. The number of anilines is 4. The molecule has 7 nitrogen and oxygen atoms in total. The summed E-state index contributed by atoms with van der Waals surface area (Å²) in [4.78, 5) is 22.9. The Labute approximate surface area is 158 Å². The summed E-state index contributed by atoms with van der Waals surface area (Å²) in [6.07, 6.45) is 1.54. The van der Waals surface area contributed by atoms with Crippen molar-refractivity contribution in [1.82, 2.24) is 9.97 Å². The number of ether oxygens (including phenoxy) is 1. The summed E-state index contributed by atoms with van der Waals surface area (Å²) >= 11 is 0. The van der Waals surface area contributed by atoms with Gasteiger partial charge in [-0.15, -0.1) is 0 Å². The Balaban J connectivity index is 1.69. The Morgan fingerprint density at radius 2 is 1.63 bits per heavy atom. The number of hydrogen-bond acceptors (Lipinski definition) is 6. The summed E-state index contributed by atoms with van der Waals surface area (Å²) in [5, 5.41) is 5.91. The molecule has 3 rings (SSSR count). The van der Waals surface area contributed by atoms with Crippen molar-refractivity contribution >= 4 is 28.9 Å². The smallest absolute Gasteiger partial charge is 0.274 e. The fourth-order valence-corrected chi connectivity index (χ4v) is 2.39. The van der Waals surface area contributed by atoms with Gasteiger partial charge in [0.1, 0.15) is 11.4 Å². The first kappa shape index (κ1) is 18.2. The summed E-state index contributed by atoms with van der Waals surface area (Å²) < 4.78 is 5.13. The Kier molecular flexibility index (Phi) is 5.51. The van der Waals surface area contributed by atoms with Crippen LogP contribution in [0.5, 0.6) is 5.75 Å². The van der Waals surface area contributed by atoms with Crippen molar-refractivity contribution in [2.24, 2.45) is 0 Å². The third-order valence-corrected chi connectivity index (χ3v) is 3.88. The lowest BCUT2D eigenvalue weighted by molar-refractivity contribution is 0.102. The van der Waals surface area contributed by atoms with Crippen LogP contribution in [-0.4, -0.2) is 37.1 Å². The number of carbonyl (C=O) groups excluding carboxylic acids is 1. The zero-order valence-electron chi connectivity index (χ0n) is 15.4. The van der Waals surface area contributed by atoms with E-state index in [-0.39, 0.29) is 11.6 Å². The van der Waals surface area contributed by atoms with Gasteiger partial charge in [-0.2, -0.15) is 0 Å². The number of rotatable bonds is 6. The second-order valence-corrected chi connectivity index (χ2v) is 6.01. The van der Waals surface area contributed by atoms with Crippen LogP contribution >= 0.6 is 0 Å². The Hall–Kier alpha value is -3.61. The fourth-order valence-electron chi connectivity index (χ4n) is 2.39. The first-order chi connectivity index (χ1) is 13.0. The van der Waals surface area contributed by atoms with Crippen LogP contribution in [0.1, 0.15) is 10.5 Å². The Morgan fingerprint density at radius 1 is 0.963 bits per heavy atom. The van der Waals surface area contributed by atoms with E-state index >= 15 is 0 Å². The molecule has 1 amide bonds. The zero-order valence-corrected chi connectivity index (χ0v) is 15.4. The molecule has 0 bridgehead atoms. The van der Waals surface area contributed by atoms with Crippen LogP contribution < -0.4 is 20.3 Å². The molecule has 0 aliphatic carbocycles. The molecule has 7 heteroatoms. The van der Waals surface area contributed by atoms with Gasteiger partial charge in [-0.1, -0.05) is 0 Å². The molecule has 0 atom stereocenters. The summed E-state index contributed by atoms with van der Waals surface area (Å²) in [7, 11) is 5.54. The van der Waals surface area contributed by atoms with Gasteiger partial charge in [-0.25, -0.2) is 9.97 Å². The summed E-state index contributed by atoms with van der Waals surface area (Å²) in [6, 6.07) is 16.5. The summed E-state index contributed by atoms with van der Waals surface area (Å²) in [5.41, 5.74) is 2.83. The normalized spacial score (nSPS) is 10.2. The summed E-state index contributed by atoms with van der Waals surface area (Å²) in [5.74, 6) is 0.804. The first-order valence-corrected chi connectivity index (χ1v) is 8.38. The molecule has 0 radical (unpaired) electrons. The van der Waals surface area contributed by atoms with Gasteiger partial charge in [0.15, 0.2) is 0 Å². The van der Waals surface area contributed by atoms with Crippen molar-refractivity contribution in [1.29, 1.82) is 0 Å². The maximum absolute atomic E-state index is 12.5. The van der Waals surface area contributed by atoms with Gasteiger partial charge in [-0.05, 0) is 54.6 Å². The minimum atomic E-state index is -0.298. The van der Waals surface area contributed by atoms with E-state index in [9.17, 15) is 4.79 Å². The van der Waals surface area contributed by atoms with Gasteiger partial charge in [0.2, 0.25) is 5.95 Å². The van der Waals surface area contributed by atoms with E-state index in [2.05, 4.69) is 20.6 Å². The summed E-state index contributed by atoms with van der Waals surface area (Å²) in [6.45, 7) is 0. The van der Waals surface area contributed by atoms with E-state index in [0.717, 1.165) is 17.1 Å². The maximum atomic E-state index is 12.5. The van der Waals surface area contributed by atoms with Crippen molar-refractivity contribution < 1.29 is 9.53 Å². The minimum absolute atomic E-state index is 0.276. The van der Waals surface area contributed by atoms with Crippen molar-refractivity contribution in [3.8, 4) is 5.75 Å². The second-order valence-electron chi connectivity index (χ2n) is 6.01. The molecular formula is C20H21N5O2. The van der Waals surface area contributed by atoms with Gasteiger partial charge >= 0.3 is 0 Å². The highest BCUT2D eigenvalue weighted by Gasteiger charge is 2.10. The third-order valence-electron chi connectivity index (χ3n) is 3.88. The van der Waals surface area contributed by atoms with Gasteiger partial charge in [-0.3, -0.25) is 4.79 Å². The topological polar surface area (TPSA) is 79.4 Å². The predicted octanol–water partition coefficient (Wildman–Crippen LogP) is 3.55. The molecular weight excluding hydrogens is 342 g/mol. The maximum Gasteiger partial charge on any atom is 0.274 e. The van der Waals surface area contributed by atoms with Crippen LogP contribution in [0.25, 0.3) is 0 Å². The van der Waals surface area contributed by atoms with Crippen molar-refractivity contribution in [3.63, 3.8) is 0 Å². The van der Waals surface area contributed by atoms with E-state index in [1.54, 1.807) is 19.4 Å². The molecule has 0 saturated heterocycles. The quantitative estimate of drug-likeness (QED) is 0.697. The lowest BCUT2D eigenvalue weighted by Gasteiger charge is -2.13. The first-order valence-electron chi connectivity index (χ1n) is 8.38. The number of hydrogen-bond donors (Lipinski definition) is 2. The largest absolute Gasteiger partial charge is 0.497 e. The Morgan fingerprint density at radius 3 is 2.26 bits per heavy atom. The molecule has 1 aromatic heterocycles. The Bertz CT molecular complexity index is 908. The number of benzene rings is 2. The molecule has 3 aromatic rings. The molecule has 0 aliphatic heterocycles.